The fourth-order valence-electron chi connectivity index (χ4n) is 1.25. The average Bonchev–Trinajstić information content (AvgIpc) is 1.85. The molecule has 0 aromatic carbocycles. The fourth-order valence-corrected chi connectivity index (χ4v) is 1.25. The second kappa shape index (κ2) is 2.86. The van der Waals surface area contributed by atoms with E-state index in [-0.39, 0.29) is 0 Å². The first-order valence-electron chi connectivity index (χ1n) is 3.64. The molecule has 3 nitrogen and oxygen atoms in total. The molecular formula is C8H13N3. The normalized spacial score (nSPS) is 9.82. The van der Waals surface area contributed by atoms with E-state index in [1.54, 1.807) is 0 Å². The molecule has 0 spiro atoms. The Morgan fingerprint density at radius 1 is 1.00 bits per heavy atom. The highest BCUT2D eigenvalue weighted by atomic mass is 15.0. The summed E-state index contributed by atoms with van der Waals surface area (Å²) in [5.74, 6) is 0.832. The monoisotopic (exact) mass is 151 g/mol. The molecule has 0 fully saturated rings. The predicted molar refractivity (Wildman–Crippen MR) is 45.8 cm³/mol. The molecule has 0 saturated carbocycles. The maximum absolute atomic E-state index is 4.23. The maximum Gasteiger partial charge on any atom is 0.125 e. The van der Waals surface area contributed by atoms with Crippen molar-refractivity contribution in [1.82, 2.24) is 9.97 Å². The molecular weight excluding hydrogens is 138 g/mol. The summed E-state index contributed by atoms with van der Waals surface area (Å²) >= 11 is 0. The summed E-state index contributed by atoms with van der Waals surface area (Å²) in [5, 5.41) is 3.07. The number of rotatable bonds is 1. The lowest BCUT2D eigenvalue weighted by Gasteiger charge is -2.07. The third kappa shape index (κ3) is 1.48. The van der Waals surface area contributed by atoms with Crippen LogP contribution in [0.25, 0.3) is 0 Å². The topological polar surface area (TPSA) is 37.8 Å². The first kappa shape index (κ1) is 7.98. The molecule has 0 atom stereocenters. The van der Waals surface area contributed by atoms with Crippen molar-refractivity contribution in [3.05, 3.63) is 17.2 Å². The molecule has 0 aliphatic carbocycles. The minimum absolute atomic E-state index is 0.832. The van der Waals surface area contributed by atoms with Gasteiger partial charge in [0.25, 0.3) is 0 Å². The van der Waals surface area contributed by atoms with Crippen LogP contribution in [0.2, 0.25) is 0 Å². The first-order chi connectivity index (χ1) is 5.15. The molecule has 1 aromatic rings. The average molecular weight is 151 g/mol. The first-order valence-corrected chi connectivity index (χ1v) is 3.64. The second-order valence-corrected chi connectivity index (χ2v) is 2.57. The van der Waals surface area contributed by atoms with Crippen LogP contribution < -0.4 is 5.32 Å². The van der Waals surface area contributed by atoms with E-state index in [0.29, 0.717) is 0 Å². The Morgan fingerprint density at radius 3 is 1.82 bits per heavy atom. The Bertz CT molecular complexity index is 245. The lowest BCUT2D eigenvalue weighted by molar-refractivity contribution is 0.977. The van der Waals surface area contributed by atoms with Gasteiger partial charge in [0.2, 0.25) is 0 Å². The van der Waals surface area contributed by atoms with E-state index in [1.165, 1.54) is 0 Å². The van der Waals surface area contributed by atoms with Gasteiger partial charge in [-0.15, -0.1) is 0 Å². The summed E-state index contributed by atoms with van der Waals surface area (Å²) in [7, 11) is 1.88. The second-order valence-electron chi connectivity index (χ2n) is 2.57. The lowest BCUT2D eigenvalue weighted by Crippen LogP contribution is -2.02. The minimum atomic E-state index is 0.832. The summed E-state index contributed by atoms with van der Waals surface area (Å²) in [6, 6.07) is 0. The molecule has 0 amide bonds. The summed E-state index contributed by atoms with van der Waals surface area (Å²) < 4.78 is 0. The number of nitrogens with zero attached hydrogens (tertiary/aromatic N) is 2. The standard InChI is InChI=1S/C8H13N3/c1-5-8(9-4)6(2)11-7(3)10-5/h9H,1-4H3. The summed E-state index contributed by atoms with van der Waals surface area (Å²) in [4.78, 5) is 8.46. The highest BCUT2D eigenvalue weighted by Crippen LogP contribution is 2.14. The van der Waals surface area contributed by atoms with Crippen LogP contribution in [0, 0.1) is 20.8 Å². The zero-order chi connectivity index (χ0) is 8.43. The van der Waals surface area contributed by atoms with Crippen molar-refractivity contribution in [3.8, 4) is 0 Å². The zero-order valence-corrected chi connectivity index (χ0v) is 7.39. The SMILES string of the molecule is CNc1c(C)nc(C)nc1C. The molecule has 1 rings (SSSR count). The predicted octanol–water partition coefficient (Wildman–Crippen LogP) is 1.44. The third-order valence-corrected chi connectivity index (χ3v) is 1.63. The molecule has 0 aliphatic rings. The maximum atomic E-state index is 4.23. The van der Waals surface area contributed by atoms with Crippen molar-refractivity contribution in [2.45, 2.75) is 20.8 Å². The Morgan fingerprint density at radius 2 is 1.45 bits per heavy atom. The molecule has 1 N–H and O–H groups in total. The summed E-state index contributed by atoms with van der Waals surface area (Å²) in [6.45, 7) is 5.86. The zero-order valence-electron chi connectivity index (χ0n) is 7.39. The van der Waals surface area contributed by atoms with Gasteiger partial charge in [0, 0.05) is 7.05 Å². The quantitative estimate of drug-likeness (QED) is 0.660. The molecule has 0 bridgehead atoms. The van der Waals surface area contributed by atoms with E-state index in [1.807, 2.05) is 27.8 Å². The van der Waals surface area contributed by atoms with Gasteiger partial charge in [-0.25, -0.2) is 9.97 Å². The molecule has 0 aliphatic heterocycles. The van der Waals surface area contributed by atoms with Crippen LogP contribution in [-0.4, -0.2) is 17.0 Å². The third-order valence-electron chi connectivity index (χ3n) is 1.63. The van der Waals surface area contributed by atoms with Gasteiger partial charge >= 0.3 is 0 Å². The van der Waals surface area contributed by atoms with Gasteiger partial charge in [-0.05, 0) is 20.8 Å². The van der Waals surface area contributed by atoms with Crippen LogP contribution in [-0.2, 0) is 0 Å². The number of hydrogen-bond donors (Lipinski definition) is 1. The van der Waals surface area contributed by atoms with Crippen LogP contribution in [0.3, 0.4) is 0 Å². The van der Waals surface area contributed by atoms with Gasteiger partial charge in [0.1, 0.15) is 5.82 Å². The van der Waals surface area contributed by atoms with Gasteiger partial charge in [-0.1, -0.05) is 0 Å². The van der Waals surface area contributed by atoms with Crippen LogP contribution in [0.4, 0.5) is 5.69 Å². The van der Waals surface area contributed by atoms with Crippen molar-refractivity contribution < 1.29 is 0 Å². The summed E-state index contributed by atoms with van der Waals surface area (Å²) in [6.07, 6.45) is 0. The minimum Gasteiger partial charge on any atom is -0.385 e. The Hall–Kier alpha value is -1.12. The molecule has 1 heterocycles. The molecule has 0 saturated heterocycles. The highest BCUT2D eigenvalue weighted by molar-refractivity contribution is 5.50. The number of hydrogen-bond acceptors (Lipinski definition) is 3. The Labute approximate surface area is 66.9 Å². The molecule has 3 heteroatoms. The Balaban J connectivity index is 3.25. The van der Waals surface area contributed by atoms with Gasteiger partial charge in [-0.3, -0.25) is 0 Å². The van der Waals surface area contributed by atoms with Gasteiger partial charge in [0.15, 0.2) is 0 Å². The van der Waals surface area contributed by atoms with Crippen molar-refractivity contribution in [1.29, 1.82) is 0 Å². The van der Waals surface area contributed by atoms with Crippen molar-refractivity contribution in [2.24, 2.45) is 0 Å². The van der Waals surface area contributed by atoms with Crippen molar-refractivity contribution >= 4 is 5.69 Å². The number of nitrogens with one attached hydrogen (secondary N) is 1. The molecule has 11 heavy (non-hydrogen) atoms. The van der Waals surface area contributed by atoms with Gasteiger partial charge < -0.3 is 5.32 Å². The van der Waals surface area contributed by atoms with Crippen LogP contribution >= 0.6 is 0 Å². The van der Waals surface area contributed by atoms with E-state index >= 15 is 0 Å². The van der Waals surface area contributed by atoms with Crippen LogP contribution in [0.1, 0.15) is 17.2 Å². The van der Waals surface area contributed by atoms with Crippen LogP contribution in [0.15, 0.2) is 0 Å². The summed E-state index contributed by atoms with van der Waals surface area (Å²) in [5.41, 5.74) is 3.06. The van der Waals surface area contributed by atoms with Crippen molar-refractivity contribution in [2.75, 3.05) is 12.4 Å². The molecule has 1 aromatic heterocycles. The van der Waals surface area contributed by atoms with Crippen molar-refractivity contribution in [3.63, 3.8) is 0 Å². The van der Waals surface area contributed by atoms with Gasteiger partial charge in [-0.2, -0.15) is 0 Å². The number of aromatic nitrogens is 2. The van der Waals surface area contributed by atoms with E-state index in [2.05, 4.69) is 15.3 Å². The smallest absolute Gasteiger partial charge is 0.125 e. The van der Waals surface area contributed by atoms with E-state index < -0.39 is 0 Å². The lowest BCUT2D eigenvalue weighted by atomic mass is 10.3. The Kier molecular flexibility index (Phi) is 2.08. The highest BCUT2D eigenvalue weighted by Gasteiger charge is 2.02. The van der Waals surface area contributed by atoms with Crippen LogP contribution in [0.5, 0.6) is 0 Å². The van der Waals surface area contributed by atoms with E-state index in [0.717, 1.165) is 22.9 Å². The molecule has 0 unspecified atom stereocenters. The van der Waals surface area contributed by atoms with Gasteiger partial charge in [0.05, 0.1) is 17.1 Å². The fraction of sp³-hybridized carbons (Fsp3) is 0.500. The number of aryl methyl sites for hydroxylation is 3. The largest absolute Gasteiger partial charge is 0.385 e. The van der Waals surface area contributed by atoms with E-state index in [4.69, 9.17) is 0 Å². The number of anilines is 1. The van der Waals surface area contributed by atoms with E-state index in [9.17, 15) is 0 Å². The molecule has 0 radical (unpaired) electrons. The molecule has 60 valence electrons.